The number of nitriles is 1. The minimum Gasteiger partial charge on any atom is -0.310 e. The highest BCUT2D eigenvalue weighted by molar-refractivity contribution is 5.13. The average Bonchev–Trinajstić information content (AvgIpc) is 2.30. The van der Waals surface area contributed by atoms with Crippen molar-refractivity contribution in [1.29, 1.82) is 5.26 Å². The third-order valence-corrected chi connectivity index (χ3v) is 2.71. The zero-order valence-electron chi connectivity index (χ0n) is 10.2. The minimum atomic E-state index is -0.245. The van der Waals surface area contributed by atoms with Crippen molar-refractivity contribution < 1.29 is 0 Å². The molecule has 16 heavy (non-hydrogen) atoms. The van der Waals surface area contributed by atoms with Crippen LogP contribution in [0.1, 0.15) is 38.8 Å². The molecule has 86 valence electrons. The van der Waals surface area contributed by atoms with Crippen LogP contribution < -0.4 is 5.32 Å². The summed E-state index contributed by atoms with van der Waals surface area (Å²) >= 11 is 0. The molecule has 1 N–H and O–H groups in total. The van der Waals surface area contributed by atoms with E-state index in [0.717, 1.165) is 13.0 Å². The van der Waals surface area contributed by atoms with Gasteiger partial charge in [0.1, 0.15) is 0 Å². The van der Waals surface area contributed by atoms with Crippen LogP contribution in [0.25, 0.3) is 0 Å². The lowest BCUT2D eigenvalue weighted by Crippen LogP contribution is -2.24. The van der Waals surface area contributed by atoms with Crippen LogP contribution in [-0.2, 0) is 0 Å². The van der Waals surface area contributed by atoms with Gasteiger partial charge in [0.15, 0.2) is 0 Å². The fraction of sp³-hybridized carbons (Fsp3) is 0.538. The average molecular weight is 217 g/mol. The third-order valence-electron chi connectivity index (χ3n) is 2.71. The number of hydrogen-bond donors (Lipinski definition) is 1. The predicted molar refractivity (Wildman–Crippen MR) is 64.7 cm³/mol. The van der Waals surface area contributed by atoms with Gasteiger partial charge in [0.05, 0.1) is 11.5 Å². The molecule has 1 heterocycles. The van der Waals surface area contributed by atoms with Crippen LogP contribution in [0.5, 0.6) is 0 Å². The molecule has 1 rings (SSSR count). The summed E-state index contributed by atoms with van der Waals surface area (Å²) in [7, 11) is 0. The summed E-state index contributed by atoms with van der Waals surface area (Å²) in [6.07, 6.45) is 4.46. The molecule has 1 aromatic rings. The van der Waals surface area contributed by atoms with Crippen LogP contribution in [-0.4, -0.2) is 11.5 Å². The maximum absolute atomic E-state index is 8.89. The summed E-state index contributed by atoms with van der Waals surface area (Å²) < 4.78 is 0. The van der Waals surface area contributed by atoms with E-state index in [1.165, 1.54) is 5.56 Å². The summed E-state index contributed by atoms with van der Waals surface area (Å²) in [5.41, 5.74) is 0.982. The summed E-state index contributed by atoms with van der Waals surface area (Å²) in [4.78, 5) is 3.99. The van der Waals surface area contributed by atoms with E-state index in [1.807, 2.05) is 26.0 Å². The number of nitrogens with one attached hydrogen (secondary N) is 1. The van der Waals surface area contributed by atoms with Gasteiger partial charge in [-0.2, -0.15) is 5.26 Å². The molecule has 0 spiro atoms. The topological polar surface area (TPSA) is 48.7 Å². The lowest BCUT2D eigenvalue weighted by Gasteiger charge is -2.18. The second-order valence-electron chi connectivity index (χ2n) is 4.70. The summed E-state index contributed by atoms with van der Waals surface area (Å²) in [6.45, 7) is 6.90. The highest BCUT2D eigenvalue weighted by Crippen LogP contribution is 2.18. The fourth-order valence-electron chi connectivity index (χ4n) is 1.43. The van der Waals surface area contributed by atoms with Crippen molar-refractivity contribution in [2.75, 3.05) is 6.54 Å². The molecule has 0 amide bonds. The fourth-order valence-corrected chi connectivity index (χ4v) is 1.43. The summed E-state index contributed by atoms with van der Waals surface area (Å²) in [5, 5.41) is 12.3. The number of aromatic nitrogens is 1. The molecular weight excluding hydrogens is 198 g/mol. The first-order chi connectivity index (χ1) is 7.55. The lowest BCUT2D eigenvalue weighted by molar-refractivity contribution is 0.416. The van der Waals surface area contributed by atoms with Crippen LogP contribution in [0, 0.1) is 16.7 Å². The maximum atomic E-state index is 8.89. The van der Waals surface area contributed by atoms with E-state index >= 15 is 0 Å². The first-order valence-corrected chi connectivity index (χ1v) is 5.60. The van der Waals surface area contributed by atoms with Gasteiger partial charge >= 0.3 is 0 Å². The molecule has 0 saturated heterocycles. The first-order valence-electron chi connectivity index (χ1n) is 5.60. The van der Waals surface area contributed by atoms with E-state index < -0.39 is 0 Å². The molecule has 0 saturated carbocycles. The lowest BCUT2D eigenvalue weighted by atomic mass is 9.91. The largest absolute Gasteiger partial charge is 0.310 e. The molecule has 1 atom stereocenters. The van der Waals surface area contributed by atoms with E-state index in [9.17, 15) is 0 Å². The Hall–Kier alpha value is -1.40. The summed E-state index contributed by atoms with van der Waals surface area (Å²) in [5.74, 6) is 0. The SMILES string of the molecule is C[C@@H](NCCC(C)(C)C#N)c1ccncc1. The Morgan fingerprint density at radius 1 is 1.44 bits per heavy atom. The van der Waals surface area contributed by atoms with Gasteiger partial charge in [-0.3, -0.25) is 4.98 Å². The molecule has 0 fully saturated rings. The van der Waals surface area contributed by atoms with Crippen molar-refractivity contribution in [3.05, 3.63) is 30.1 Å². The highest BCUT2D eigenvalue weighted by Gasteiger charge is 2.16. The zero-order chi connectivity index (χ0) is 12.0. The van der Waals surface area contributed by atoms with E-state index in [4.69, 9.17) is 5.26 Å². The molecule has 0 radical (unpaired) electrons. The van der Waals surface area contributed by atoms with E-state index in [-0.39, 0.29) is 5.41 Å². The Morgan fingerprint density at radius 2 is 2.06 bits per heavy atom. The molecule has 0 aliphatic rings. The third kappa shape index (κ3) is 4.00. The number of pyridine rings is 1. The molecule has 1 aromatic heterocycles. The van der Waals surface area contributed by atoms with E-state index in [0.29, 0.717) is 6.04 Å². The van der Waals surface area contributed by atoms with Gasteiger partial charge in [0.2, 0.25) is 0 Å². The predicted octanol–water partition coefficient (Wildman–Crippen LogP) is 2.67. The van der Waals surface area contributed by atoms with E-state index in [1.54, 1.807) is 12.4 Å². The first kappa shape index (κ1) is 12.7. The quantitative estimate of drug-likeness (QED) is 0.825. The maximum Gasteiger partial charge on any atom is 0.0684 e. The zero-order valence-corrected chi connectivity index (χ0v) is 10.2. The number of nitrogens with zero attached hydrogens (tertiary/aromatic N) is 2. The van der Waals surface area contributed by atoms with Gasteiger partial charge in [0, 0.05) is 18.4 Å². The standard InChI is InChI=1S/C13H19N3/c1-11(12-4-7-15-8-5-12)16-9-6-13(2,3)10-14/h4-5,7-8,11,16H,6,9H2,1-3H3/t11-/m1/s1. The minimum absolute atomic E-state index is 0.245. The van der Waals surface area contributed by atoms with Crippen molar-refractivity contribution >= 4 is 0 Å². The number of hydrogen-bond acceptors (Lipinski definition) is 3. The van der Waals surface area contributed by atoms with Crippen LogP contribution in [0.15, 0.2) is 24.5 Å². The highest BCUT2D eigenvalue weighted by atomic mass is 14.9. The Balaban J connectivity index is 2.38. The molecule has 3 heteroatoms. The van der Waals surface area contributed by atoms with Crippen molar-refractivity contribution in [2.24, 2.45) is 5.41 Å². The molecule has 0 unspecified atom stereocenters. The van der Waals surface area contributed by atoms with Gasteiger partial charge < -0.3 is 5.32 Å². The Morgan fingerprint density at radius 3 is 2.62 bits per heavy atom. The molecule has 0 aliphatic heterocycles. The number of rotatable bonds is 5. The Bertz CT molecular complexity index is 351. The monoisotopic (exact) mass is 217 g/mol. The molecule has 0 aliphatic carbocycles. The second kappa shape index (κ2) is 5.62. The van der Waals surface area contributed by atoms with E-state index in [2.05, 4.69) is 23.3 Å². The van der Waals surface area contributed by atoms with Crippen LogP contribution in [0.3, 0.4) is 0 Å². The van der Waals surface area contributed by atoms with Gasteiger partial charge in [-0.1, -0.05) is 0 Å². The summed E-state index contributed by atoms with van der Waals surface area (Å²) in [6, 6.07) is 6.62. The van der Waals surface area contributed by atoms with Crippen LogP contribution >= 0.6 is 0 Å². The normalized spacial score (nSPS) is 13.1. The van der Waals surface area contributed by atoms with Gasteiger partial charge in [-0.05, 0) is 51.4 Å². The molecule has 0 aromatic carbocycles. The van der Waals surface area contributed by atoms with Crippen molar-refractivity contribution in [2.45, 2.75) is 33.2 Å². The van der Waals surface area contributed by atoms with Crippen LogP contribution in [0.4, 0.5) is 0 Å². The molecule has 3 nitrogen and oxygen atoms in total. The second-order valence-corrected chi connectivity index (χ2v) is 4.70. The Kier molecular flexibility index (Phi) is 4.45. The van der Waals surface area contributed by atoms with Gasteiger partial charge in [-0.15, -0.1) is 0 Å². The Labute approximate surface area is 97.5 Å². The van der Waals surface area contributed by atoms with Crippen molar-refractivity contribution in [1.82, 2.24) is 10.3 Å². The molecular formula is C13H19N3. The van der Waals surface area contributed by atoms with Crippen molar-refractivity contribution in [3.63, 3.8) is 0 Å². The smallest absolute Gasteiger partial charge is 0.0684 e. The van der Waals surface area contributed by atoms with Crippen molar-refractivity contribution in [3.8, 4) is 6.07 Å². The van der Waals surface area contributed by atoms with Gasteiger partial charge in [0.25, 0.3) is 0 Å². The van der Waals surface area contributed by atoms with Crippen LogP contribution in [0.2, 0.25) is 0 Å². The molecule has 0 bridgehead atoms. The van der Waals surface area contributed by atoms with Gasteiger partial charge in [-0.25, -0.2) is 0 Å².